The molecule has 7 heteroatoms. The maximum absolute atomic E-state index is 13.4. The summed E-state index contributed by atoms with van der Waals surface area (Å²) in [4.78, 5) is 22.9. The van der Waals surface area contributed by atoms with E-state index in [0.717, 1.165) is 22.3 Å². The third kappa shape index (κ3) is 3.88. The van der Waals surface area contributed by atoms with E-state index in [-0.39, 0.29) is 17.3 Å². The Morgan fingerprint density at radius 1 is 0.941 bits per heavy atom. The lowest BCUT2D eigenvalue weighted by atomic mass is 10.1. The zero-order valence-electron chi connectivity index (χ0n) is 19.2. The molecule has 0 aliphatic carbocycles. The molecule has 3 N–H and O–H groups in total. The van der Waals surface area contributed by atoms with Gasteiger partial charge in [-0.05, 0) is 67.3 Å². The molecule has 0 saturated heterocycles. The van der Waals surface area contributed by atoms with E-state index in [9.17, 15) is 4.79 Å². The number of hydrogen-bond acceptors (Lipinski definition) is 5. The number of para-hydroxylation sites is 2. The van der Waals surface area contributed by atoms with Gasteiger partial charge in [0.05, 0.1) is 17.2 Å². The van der Waals surface area contributed by atoms with Gasteiger partial charge in [-0.1, -0.05) is 42.5 Å². The van der Waals surface area contributed by atoms with E-state index in [1.54, 1.807) is 6.21 Å². The van der Waals surface area contributed by atoms with Crippen LogP contribution < -0.4 is 11.1 Å². The number of fused-ring (bicyclic) bond motifs is 2. The van der Waals surface area contributed by atoms with Crippen molar-refractivity contribution in [1.29, 1.82) is 0 Å². The molecule has 0 atom stereocenters. The largest absolute Gasteiger partial charge is 0.383 e. The Balaban J connectivity index is 1.67. The fraction of sp³-hybridized carbons (Fsp3) is 0.111. The molecule has 0 aliphatic heterocycles. The topological polar surface area (TPSA) is 98.2 Å². The summed E-state index contributed by atoms with van der Waals surface area (Å²) in [5.41, 5.74) is 13.8. The first-order valence-corrected chi connectivity index (χ1v) is 11.0. The molecular formula is C27H24N6O. The number of aryl methyl sites for hydroxylation is 3. The van der Waals surface area contributed by atoms with Gasteiger partial charge in [0.2, 0.25) is 0 Å². The minimum absolute atomic E-state index is 0.178. The van der Waals surface area contributed by atoms with Crippen molar-refractivity contribution in [1.82, 2.24) is 14.6 Å². The van der Waals surface area contributed by atoms with Gasteiger partial charge in [0.25, 0.3) is 5.91 Å². The maximum atomic E-state index is 13.4. The monoisotopic (exact) mass is 448 g/mol. The summed E-state index contributed by atoms with van der Waals surface area (Å²) in [6.07, 6.45) is 1.72. The lowest BCUT2D eigenvalue weighted by molar-refractivity contribution is 0.102. The zero-order valence-corrected chi connectivity index (χ0v) is 19.2. The average molecular weight is 449 g/mol. The van der Waals surface area contributed by atoms with Crippen molar-refractivity contribution < 1.29 is 4.79 Å². The van der Waals surface area contributed by atoms with Crippen molar-refractivity contribution in [3.8, 4) is 0 Å². The van der Waals surface area contributed by atoms with E-state index in [2.05, 4.69) is 10.4 Å². The molecule has 0 unspecified atom stereocenters. The van der Waals surface area contributed by atoms with E-state index in [1.807, 2.05) is 87.5 Å². The van der Waals surface area contributed by atoms with Crippen molar-refractivity contribution in [2.45, 2.75) is 20.8 Å². The van der Waals surface area contributed by atoms with Gasteiger partial charge in [-0.2, -0.15) is 9.78 Å². The number of nitrogens with one attached hydrogen (secondary N) is 1. The number of nitrogens with two attached hydrogens (primary N) is 1. The van der Waals surface area contributed by atoms with Crippen LogP contribution in [0.25, 0.3) is 22.2 Å². The molecule has 2 aromatic heterocycles. The first-order valence-electron chi connectivity index (χ1n) is 11.0. The fourth-order valence-electron chi connectivity index (χ4n) is 4.08. The van der Waals surface area contributed by atoms with Crippen LogP contribution in [0.15, 0.2) is 71.8 Å². The highest BCUT2D eigenvalue weighted by Crippen LogP contribution is 2.29. The first-order chi connectivity index (χ1) is 16.4. The molecule has 168 valence electrons. The van der Waals surface area contributed by atoms with Gasteiger partial charge in [0.15, 0.2) is 5.65 Å². The fourth-order valence-corrected chi connectivity index (χ4v) is 4.08. The zero-order chi connectivity index (χ0) is 23.8. The smallest absolute Gasteiger partial charge is 0.261 e. The number of rotatable bonds is 4. The summed E-state index contributed by atoms with van der Waals surface area (Å²) in [7, 11) is 0. The van der Waals surface area contributed by atoms with Crippen molar-refractivity contribution in [2.75, 3.05) is 11.1 Å². The van der Waals surface area contributed by atoms with E-state index in [4.69, 9.17) is 15.7 Å². The quantitative estimate of drug-likeness (QED) is 0.368. The van der Waals surface area contributed by atoms with Gasteiger partial charge in [0, 0.05) is 5.69 Å². The molecule has 0 saturated carbocycles. The molecule has 0 spiro atoms. The maximum Gasteiger partial charge on any atom is 0.261 e. The predicted molar refractivity (Wildman–Crippen MR) is 137 cm³/mol. The number of anilines is 2. The molecular weight excluding hydrogens is 424 g/mol. The van der Waals surface area contributed by atoms with Gasteiger partial charge in [-0.25, -0.2) is 9.97 Å². The molecule has 0 radical (unpaired) electrons. The van der Waals surface area contributed by atoms with E-state index < -0.39 is 0 Å². The average Bonchev–Trinajstić information content (AvgIpc) is 3.06. The summed E-state index contributed by atoms with van der Waals surface area (Å²) < 4.78 is 1.48. The molecule has 5 aromatic rings. The lowest BCUT2D eigenvalue weighted by Gasteiger charge is -2.08. The number of nitrogen functional groups attached to an aromatic ring is 1. The van der Waals surface area contributed by atoms with E-state index in [1.165, 1.54) is 4.68 Å². The van der Waals surface area contributed by atoms with Crippen LogP contribution >= 0.6 is 0 Å². The van der Waals surface area contributed by atoms with Crippen LogP contribution in [0.1, 0.15) is 32.6 Å². The Morgan fingerprint density at radius 2 is 1.59 bits per heavy atom. The summed E-state index contributed by atoms with van der Waals surface area (Å²) in [5, 5.41) is 7.56. The molecule has 34 heavy (non-hydrogen) atoms. The van der Waals surface area contributed by atoms with Gasteiger partial charge >= 0.3 is 0 Å². The number of aromatic nitrogens is 3. The van der Waals surface area contributed by atoms with Crippen LogP contribution in [0.3, 0.4) is 0 Å². The van der Waals surface area contributed by atoms with Crippen molar-refractivity contribution >= 4 is 45.8 Å². The van der Waals surface area contributed by atoms with Crippen LogP contribution in [0.4, 0.5) is 11.5 Å². The summed E-state index contributed by atoms with van der Waals surface area (Å²) in [5.74, 6) is -0.182. The second-order valence-electron chi connectivity index (χ2n) is 8.39. The third-order valence-electron chi connectivity index (χ3n) is 5.68. The highest BCUT2D eigenvalue weighted by molar-refractivity contribution is 6.16. The number of amides is 1. The Morgan fingerprint density at radius 3 is 2.29 bits per heavy atom. The Kier molecular flexibility index (Phi) is 5.30. The molecule has 0 aliphatic rings. The molecule has 0 fully saturated rings. The number of carbonyl (C=O) groups excluding carboxylic acids is 1. The van der Waals surface area contributed by atoms with Crippen LogP contribution in [-0.2, 0) is 0 Å². The lowest BCUT2D eigenvalue weighted by Crippen LogP contribution is -2.14. The molecule has 5 rings (SSSR count). The molecule has 2 heterocycles. The standard InChI is InChI=1S/C27H24N6O/c1-16-12-17(2)14-20(13-16)30-27(34)23-24-26(32-22-11-7-6-10-21(22)31-24)33(25(23)28)29-15-19-9-5-4-8-18(19)3/h4-15H,28H2,1-3H3,(H,30,34). The predicted octanol–water partition coefficient (Wildman–Crippen LogP) is 5.23. The molecule has 3 aromatic carbocycles. The Hall–Kier alpha value is -4.52. The summed E-state index contributed by atoms with van der Waals surface area (Å²) >= 11 is 0. The van der Waals surface area contributed by atoms with Crippen molar-refractivity contribution in [3.05, 3.63) is 94.5 Å². The minimum atomic E-state index is -0.359. The van der Waals surface area contributed by atoms with Crippen LogP contribution in [0.2, 0.25) is 0 Å². The van der Waals surface area contributed by atoms with E-state index >= 15 is 0 Å². The molecule has 0 bridgehead atoms. The number of benzene rings is 3. The highest BCUT2D eigenvalue weighted by atomic mass is 16.1. The normalized spacial score (nSPS) is 11.5. The Labute approximate surface area is 197 Å². The number of hydrogen-bond donors (Lipinski definition) is 2. The first kappa shape index (κ1) is 21.3. The number of carbonyl (C=O) groups is 1. The second kappa shape index (κ2) is 8.44. The number of nitrogens with zero attached hydrogens (tertiary/aromatic N) is 4. The van der Waals surface area contributed by atoms with Gasteiger partial charge < -0.3 is 11.1 Å². The SMILES string of the molecule is Cc1cc(C)cc(NC(=O)c2c(N)n(N=Cc3ccccc3C)c3nc4ccccc4nc23)c1. The summed E-state index contributed by atoms with van der Waals surface area (Å²) in [6.45, 7) is 5.98. The van der Waals surface area contributed by atoms with Crippen LogP contribution in [0.5, 0.6) is 0 Å². The van der Waals surface area contributed by atoms with Crippen molar-refractivity contribution in [2.24, 2.45) is 5.10 Å². The van der Waals surface area contributed by atoms with Crippen LogP contribution in [0, 0.1) is 20.8 Å². The second-order valence-corrected chi connectivity index (χ2v) is 8.39. The third-order valence-corrected chi connectivity index (χ3v) is 5.68. The van der Waals surface area contributed by atoms with Gasteiger partial charge in [0.1, 0.15) is 16.9 Å². The van der Waals surface area contributed by atoms with E-state index in [0.29, 0.717) is 27.9 Å². The highest BCUT2D eigenvalue weighted by Gasteiger charge is 2.24. The summed E-state index contributed by atoms with van der Waals surface area (Å²) in [6, 6.07) is 21.3. The van der Waals surface area contributed by atoms with Crippen molar-refractivity contribution in [3.63, 3.8) is 0 Å². The molecule has 1 amide bonds. The van der Waals surface area contributed by atoms with Gasteiger partial charge in [-0.3, -0.25) is 4.79 Å². The van der Waals surface area contributed by atoms with Gasteiger partial charge in [-0.15, -0.1) is 0 Å². The van der Waals surface area contributed by atoms with Crippen LogP contribution in [-0.4, -0.2) is 26.8 Å². The minimum Gasteiger partial charge on any atom is -0.383 e. The Bertz CT molecular complexity index is 1580. The molecule has 7 nitrogen and oxygen atoms in total.